The van der Waals surface area contributed by atoms with Gasteiger partial charge in [0.05, 0.1) is 6.42 Å². The van der Waals surface area contributed by atoms with Crippen LogP contribution in [0.1, 0.15) is 29.9 Å². The molecule has 3 nitrogen and oxygen atoms in total. The lowest BCUT2D eigenvalue weighted by Gasteiger charge is -2.08. The van der Waals surface area contributed by atoms with Crippen LogP contribution in [-0.2, 0) is 11.2 Å². The van der Waals surface area contributed by atoms with Gasteiger partial charge in [0.2, 0.25) is 5.91 Å². The highest BCUT2D eigenvalue weighted by atomic mass is 32.1. The lowest BCUT2D eigenvalue weighted by molar-refractivity contribution is -0.119. The molecule has 1 aromatic carbocycles. The van der Waals surface area contributed by atoms with Gasteiger partial charge < -0.3 is 11.1 Å². The minimum Gasteiger partial charge on any atom is -0.376 e. The number of hydrogen-bond donors (Lipinski definition) is 2. The summed E-state index contributed by atoms with van der Waals surface area (Å²) in [5.41, 5.74) is 7.63. The van der Waals surface area contributed by atoms with E-state index in [-0.39, 0.29) is 11.0 Å². The van der Waals surface area contributed by atoms with Crippen molar-refractivity contribution in [2.24, 2.45) is 5.73 Å². The first-order chi connectivity index (χ1) is 7.66. The van der Waals surface area contributed by atoms with E-state index in [4.69, 9.17) is 5.73 Å². The van der Waals surface area contributed by atoms with Crippen LogP contribution in [0, 0.1) is 0 Å². The Morgan fingerprint density at radius 3 is 2.75 bits per heavy atom. The fourth-order valence-corrected chi connectivity index (χ4v) is 1.96. The lowest BCUT2D eigenvalue weighted by Crippen LogP contribution is -2.35. The van der Waals surface area contributed by atoms with Crippen molar-refractivity contribution in [1.82, 2.24) is 5.32 Å². The van der Waals surface area contributed by atoms with Crippen LogP contribution in [0.15, 0.2) is 24.3 Å². The fraction of sp³-hybridized carbons (Fsp3) is 0.333. The Labute approximate surface area is 100 Å². The van der Waals surface area contributed by atoms with E-state index in [2.05, 4.69) is 23.6 Å². The molecule has 1 aromatic rings. The molecule has 0 spiro atoms. The van der Waals surface area contributed by atoms with Crippen molar-refractivity contribution >= 4 is 23.2 Å². The number of nitrogens with one attached hydrogen (secondary N) is 1. The van der Waals surface area contributed by atoms with E-state index >= 15 is 0 Å². The zero-order valence-electron chi connectivity index (χ0n) is 8.90. The first-order valence-corrected chi connectivity index (χ1v) is 5.74. The van der Waals surface area contributed by atoms with E-state index < -0.39 is 0 Å². The summed E-state index contributed by atoms with van der Waals surface area (Å²) < 4.78 is 0. The van der Waals surface area contributed by atoms with Crippen LogP contribution in [0.5, 0.6) is 0 Å². The Balaban J connectivity index is 2.08. The number of thiocarbonyl (C=S) groups is 1. The molecule has 1 fully saturated rings. The third kappa shape index (κ3) is 2.79. The van der Waals surface area contributed by atoms with Crippen LogP contribution in [0.3, 0.4) is 0 Å². The van der Waals surface area contributed by atoms with Gasteiger partial charge in [0.15, 0.2) is 5.11 Å². The summed E-state index contributed by atoms with van der Waals surface area (Å²) in [6, 6.07) is 8.06. The van der Waals surface area contributed by atoms with Gasteiger partial charge >= 0.3 is 0 Å². The van der Waals surface area contributed by atoms with Crippen molar-refractivity contribution in [2.45, 2.75) is 25.2 Å². The van der Waals surface area contributed by atoms with Gasteiger partial charge in [-0.15, -0.1) is 0 Å². The smallest absolute Gasteiger partial charge is 0.230 e. The standard InChI is InChI=1S/C12H14N2OS/c13-12(16)14-11(15)7-9-3-1-2-4-10(9)8-5-6-8/h1-4,8H,5-7H2,(H3,13,14,15,16). The maximum atomic E-state index is 11.5. The first kappa shape index (κ1) is 11.1. The molecule has 1 aliphatic carbocycles. The van der Waals surface area contributed by atoms with Gasteiger partial charge in [0.1, 0.15) is 0 Å². The van der Waals surface area contributed by atoms with Crippen LogP contribution >= 0.6 is 12.2 Å². The Bertz CT molecular complexity index is 427. The molecule has 16 heavy (non-hydrogen) atoms. The fourth-order valence-electron chi connectivity index (χ4n) is 1.84. The molecule has 1 aliphatic rings. The number of nitrogens with two attached hydrogens (primary N) is 1. The molecule has 0 radical (unpaired) electrons. The van der Waals surface area contributed by atoms with Crippen LogP contribution < -0.4 is 11.1 Å². The average Bonchev–Trinajstić information content (AvgIpc) is 3.00. The predicted molar refractivity (Wildman–Crippen MR) is 67.0 cm³/mol. The number of hydrogen-bond acceptors (Lipinski definition) is 2. The van der Waals surface area contributed by atoms with Crippen molar-refractivity contribution in [1.29, 1.82) is 0 Å². The zero-order valence-corrected chi connectivity index (χ0v) is 9.72. The molecule has 4 heteroatoms. The molecule has 0 heterocycles. The van der Waals surface area contributed by atoms with E-state index in [1.807, 2.05) is 18.2 Å². The molecule has 2 rings (SSSR count). The molecule has 0 unspecified atom stereocenters. The van der Waals surface area contributed by atoms with Crippen LogP contribution in [0.4, 0.5) is 0 Å². The molecule has 1 amide bonds. The second kappa shape index (κ2) is 4.61. The number of rotatable bonds is 3. The normalized spacial score (nSPS) is 14.5. The van der Waals surface area contributed by atoms with Crippen molar-refractivity contribution in [3.8, 4) is 0 Å². The van der Waals surface area contributed by atoms with Gasteiger partial charge in [0, 0.05) is 0 Å². The summed E-state index contributed by atoms with van der Waals surface area (Å²) in [4.78, 5) is 11.5. The van der Waals surface area contributed by atoms with Gasteiger partial charge in [-0.05, 0) is 42.1 Å². The van der Waals surface area contributed by atoms with Crippen molar-refractivity contribution in [2.75, 3.05) is 0 Å². The van der Waals surface area contributed by atoms with Gasteiger partial charge in [-0.3, -0.25) is 4.79 Å². The minimum atomic E-state index is -0.138. The molecule has 3 N–H and O–H groups in total. The molecule has 0 atom stereocenters. The summed E-state index contributed by atoms with van der Waals surface area (Å²) in [5, 5.41) is 2.48. The predicted octanol–water partition coefficient (Wildman–Crippen LogP) is 1.47. The summed E-state index contributed by atoms with van der Waals surface area (Å²) in [6.07, 6.45) is 2.81. The van der Waals surface area contributed by atoms with E-state index in [9.17, 15) is 4.79 Å². The quantitative estimate of drug-likeness (QED) is 0.779. The van der Waals surface area contributed by atoms with Crippen LogP contribution in [-0.4, -0.2) is 11.0 Å². The maximum absolute atomic E-state index is 11.5. The van der Waals surface area contributed by atoms with E-state index in [0.717, 1.165) is 5.56 Å². The number of benzene rings is 1. The SMILES string of the molecule is NC(=S)NC(=O)Cc1ccccc1C1CC1. The summed E-state index contributed by atoms with van der Waals surface area (Å²) in [6.45, 7) is 0. The van der Waals surface area contributed by atoms with Gasteiger partial charge in [0.25, 0.3) is 0 Å². The summed E-state index contributed by atoms with van der Waals surface area (Å²) >= 11 is 4.63. The van der Waals surface area contributed by atoms with Crippen LogP contribution in [0.25, 0.3) is 0 Å². The third-order valence-corrected chi connectivity index (χ3v) is 2.79. The average molecular weight is 234 g/mol. The van der Waals surface area contributed by atoms with Crippen molar-refractivity contribution in [3.63, 3.8) is 0 Å². The van der Waals surface area contributed by atoms with Gasteiger partial charge in [-0.1, -0.05) is 24.3 Å². The number of carbonyl (C=O) groups is 1. The first-order valence-electron chi connectivity index (χ1n) is 5.34. The van der Waals surface area contributed by atoms with Gasteiger partial charge in [-0.2, -0.15) is 0 Å². The van der Waals surface area contributed by atoms with Crippen LogP contribution in [0.2, 0.25) is 0 Å². The molecule has 1 saturated carbocycles. The molecular formula is C12H14N2OS. The topological polar surface area (TPSA) is 55.1 Å². The molecule has 84 valence electrons. The third-order valence-electron chi connectivity index (χ3n) is 2.69. The Morgan fingerprint density at radius 1 is 1.44 bits per heavy atom. The number of amides is 1. The zero-order chi connectivity index (χ0) is 11.5. The van der Waals surface area contributed by atoms with E-state index in [0.29, 0.717) is 12.3 Å². The van der Waals surface area contributed by atoms with Crippen molar-refractivity contribution < 1.29 is 4.79 Å². The van der Waals surface area contributed by atoms with E-state index in [1.165, 1.54) is 18.4 Å². The molecule has 0 aliphatic heterocycles. The lowest BCUT2D eigenvalue weighted by atomic mass is 10.0. The molecular weight excluding hydrogens is 220 g/mol. The van der Waals surface area contributed by atoms with Crippen molar-refractivity contribution in [3.05, 3.63) is 35.4 Å². The summed E-state index contributed by atoms with van der Waals surface area (Å²) in [5.74, 6) is 0.509. The Morgan fingerprint density at radius 2 is 2.12 bits per heavy atom. The summed E-state index contributed by atoms with van der Waals surface area (Å²) in [7, 11) is 0. The molecule has 0 bridgehead atoms. The highest BCUT2D eigenvalue weighted by Gasteiger charge is 2.25. The second-order valence-corrected chi connectivity index (χ2v) is 4.50. The Hall–Kier alpha value is -1.42. The second-order valence-electron chi connectivity index (χ2n) is 4.06. The van der Waals surface area contributed by atoms with Gasteiger partial charge in [-0.25, -0.2) is 0 Å². The minimum absolute atomic E-state index is 0.0360. The molecule has 0 saturated heterocycles. The largest absolute Gasteiger partial charge is 0.376 e. The number of carbonyl (C=O) groups excluding carboxylic acids is 1. The Kier molecular flexibility index (Phi) is 3.19. The highest BCUT2D eigenvalue weighted by molar-refractivity contribution is 7.80. The highest BCUT2D eigenvalue weighted by Crippen LogP contribution is 2.41. The van der Waals surface area contributed by atoms with E-state index in [1.54, 1.807) is 0 Å². The monoisotopic (exact) mass is 234 g/mol. The molecule has 0 aromatic heterocycles. The maximum Gasteiger partial charge on any atom is 0.230 e.